The molecule has 140 valence electrons. The molecule has 5 heteroatoms. The molecule has 2 aromatic heterocycles. The topological polar surface area (TPSA) is 47.4 Å². The molecule has 1 aliphatic heterocycles. The second-order valence-electron chi connectivity index (χ2n) is 6.99. The van der Waals surface area contributed by atoms with Gasteiger partial charge in [-0.25, -0.2) is 4.79 Å². The molecule has 5 nitrogen and oxygen atoms in total. The van der Waals surface area contributed by atoms with Crippen molar-refractivity contribution >= 4 is 17.0 Å². The third kappa shape index (κ3) is 3.54. The number of piperidine rings is 1. The maximum atomic E-state index is 12.5. The number of ether oxygens (including phenoxy) is 1. The number of hydrogen-bond donors (Lipinski definition) is 0. The highest BCUT2D eigenvalue weighted by atomic mass is 16.6. The number of nitrogens with zero attached hydrogens (tertiary/aromatic N) is 3. The Kier molecular flexibility index (Phi) is 5.10. The zero-order chi connectivity index (χ0) is 18.6. The van der Waals surface area contributed by atoms with Crippen LogP contribution in [0.5, 0.6) is 0 Å². The fourth-order valence-corrected chi connectivity index (χ4v) is 4.04. The number of hydrogen-bond acceptors (Lipinski definition) is 3. The van der Waals surface area contributed by atoms with E-state index in [0.717, 1.165) is 37.9 Å². The molecular weight excluding hydrogens is 338 g/mol. The van der Waals surface area contributed by atoms with Gasteiger partial charge in [0.25, 0.3) is 0 Å². The predicted octanol–water partition coefficient (Wildman–Crippen LogP) is 4.77. The summed E-state index contributed by atoms with van der Waals surface area (Å²) in [5.41, 5.74) is 3.56. The second kappa shape index (κ2) is 7.82. The molecule has 1 unspecified atom stereocenters. The van der Waals surface area contributed by atoms with Crippen molar-refractivity contribution < 1.29 is 9.53 Å². The Bertz CT molecular complexity index is 920. The molecule has 0 N–H and O–H groups in total. The fourth-order valence-electron chi connectivity index (χ4n) is 4.04. The number of benzene rings is 1. The average Bonchev–Trinajstić information content (AvgIpc) is 3.07. The molecule has 0 saturated carbocycles. The van der Waals surface area contributed by atoms with Crippen molar-refractivity contribution in [2.75, 3.05) is 13.2 Å². The summed E-state index contributed by atoms with van der Waals surface area (Å²) in [6.45, 7) is 3.79. The molecule has 1 saturated heterocycles. The van der Waals surface area contributed by atoms with Crippen molar-refractivity contribution in [1.29, 1.82) is 0 Å². The average molecular weight is 363 g/mol. The number of amides is 1. The molecule has 0 aliphatic carbocycles. The van der Waals surface area contributed by atoms with E-state index >= 15 is 0 Å². The summed E-state index contributed by atoms with van der Waals surface area (Å²) in [5, 5.41) is 1.21. The van der Waals surface area contributed by atoms with Gasteiger partial charge in [-0.2, -0.15) is 0 Å². The molecule has 1 aliphatic rings. The summed E-state index contributed by atoms with van der Waals surface area (Å²) >= 11 is 0. The summed E-state index contributed by atoms with van der Waals surface area (Å²) in [6, 6.07) is 12.6. The second-order valence-corrected chi connectivity index (χ2v) is 6.99. The molecule has 3 aromatic rings. The summed E-state index contributed by atoms with van der Waals surface area (Å²) in [7, 11) is 0. The number of para-hydroxylation sites is 1. The number of carbonyl (C=O) groups is 1. The van der Waals surface area contributed by atoms with Gasteiger partial charge in [-0.05, 0) is 43.9 Å². The lowest BCUT2D eigenvalue weighted by Gasteiger charge is -2.34. The lowest BCUT2D eigenvalue weighted by molar-refractivity contribution is 0.0769. The van der Waals surface area contributed by atoms with Crippen LogP contribution in [0.2, 0.25) is 0 Å². The van der Waals surface area contributed by atoms with Crippen LogP contribution >= 0.6 is 0 Å². The quantitative estimate of drug-likeness (QED) is 0.671. The summed E-state index contributed by atoms with van der Waals surface area (Å²) in [6.07, 6.45) is 8.83. The third-order valence-corrected chi connectivity index (χ3v) is 5.26. The molecule has 0 spiro atoms. The van der Waals surface area contributed by atoms with E-state index in [9.17, 15) is 4.79 Å². The number of rotatable bonds is 4. The van der Waals surface area contributed by atoms with Crippen molar-refractivity contribution in [2.45, 2.75) is 38.8 Å². The number of fused-ring (bicyclic) bond motifs is 1. The first kappa shape index (κ1) is 17.6. The Morgan fingerprint density at radius 1 is 1.22 bits per heavy atom. The van der Waals surface area contributed by atoms with E-state index in [1.807, 2.05) is 24.1 Å². The van der Waals surface area contributed by atoms with E-state index in [2.05, 4.69) is 46.1 Å². The summed E-state index contributed by atoms with van der Waals surface area (Å²) < 4.78 is 7.58. The molecule has 3 heterocycles. The molecule has 0 bridgehead atoms. The largest absolute Gasteiger partial charge is 0.450 e. The van der Waals surface area contributed by atoms with E-state index in [1.165, 1.54) is 16.5 Å². The van der Waals surface area contributed by atoms with Crippen LogP contribution in [0.1, 0.15) is 43.4 Å². The van der Waals surface area contributed by atoms with Crippen LogP contribution < -0.4 is 0 Å². The maximum Gasteiger partial charge on any atom is 0.410 e. The minimum absolute atomic E-state index is 0.0675. The molecule has 1 aromatic carbocycles. The van der Waals surface area contributed by atoms with Crippen molar-refractivity contribution in [1.82, 2.24) is 14.5 Å². The lowest BCUT2D eigenvalue weighted by atomic mass is 9.95. The minimum atomic E-state index is -0.203. The van der Waals surface area contributed by atoms with E-state index in [4.69, 9.17) is 4.74 Å². The molecule has 27 heavy (non-hydrogen) atoms. The van der Waals surface area contributed by atoms with Gasteiger partial charge in [-0.1, -0.05) is 24.3 Å². The van der Waals surface area contributed by atoms with Crippen molar-refractivity contribution in [3.8, 4) is 0 Å². The standard InChI is InChI=1S/C22H25N3O2/c1-2-27-22(26)25-13-6-5-11-21(25)19-16-24(15-17-8-7-12-23-14-17)20-10-4-3-9-18(19)20/h3-4,7-10,12,14,16,21H,2,5-6,11,13,15H2,1H3. The first-order chi connectivity index (χ1) is 13.3. The van der Waals surface area contributed by atoms with E-state index < -0.39 is 0 Å². The predicted molar refractivity (Wildman–Crippen MR) is 106 cm³/mol. The van der Waals surface area contributed by atoms with E-state index in [1.54, 1.807) is 6.20 Å². The minimum Gasteiger partial charge on any atom is -0.450 e. The normalized spacial score (nSPS) is 17.2. The first-order valence-corrected chi connectivity index (χ1v) is 9.68. The summed E-state index contributed by atoms with van der Waals surface area (Å²) in [4.78, 5) is 18.6. The van der Waals surface area contributed by atoms with Gasteiger partial charge >= 0.3 is 6.09 Å². The number of pyridine rings is 1. The molecule has 0 radical (unpaired) electrons. The Morgan fingerprint density at radius 3 is 2.93 bits per heavy atom. The lowest BCUT2D eigenvalue weighted by Crippen LogP contribution is -2.38. The highest BCUT2D eigenvalue weighted by molar-refractivity contribution is 5.85. The maximum absolute atomic E-state index is 12.5. The van der Waals surface area contributed by atoms with E-state index in [-0.39, 0.29) is 12.1 Å². The fraction of sp³-hybridized carbons (Fsp3) is 0.364. The number of aromatic nitrogens is 2. The van der Waals surface area contributed by atoms with Crippen LogP contribution in [0, 0.1) is 0 Å². The van der Waals surface area contributed by atoms with Gasteiger partial charge < -0.3 is 14.2 Å². The third-order valence-electron chi connectivity index (χ3n) is 5.26. The molecule has 1 amide bonds. The van der Waals surface area contributed by atoms with Gasteiger partial charge in [0.1, 0.15) is 0 Å². The molecular formula is C22H25N3O2. The van der Waals surface area contributed by atoms with Crippen LogP contribution in [0.15, 0.2) is 55.0 Å². The zero-order valence-electron chi connectivity index (χ0n) is 15.7. The van der Waals surface area contributed by atoms with Crippen LogP contribution in [0.4, 0.5) is 4.79 Å². The Labute approximate surface area is 159 Å². The van der Waals surface area contributed by atoms with Crippen molar-refractivity contribution in [3.05, 3.63) is 66.1 Å². The van der Waals surface area contributed by atoms with Crippen LogP contribution in [-0.2, 0) is 11.3 Å². The van der Waals surface area contributed by atoms with Gasteiger partial charge in [-0.3, -0.25) is 4.98 Å². The smallest absolute Gasteiger partial charge is 0.410 e. The Hall–Kier alpha value is -2.82. The highest BCUT2D eigenvalue weighted by Crippen LogP contribution is 2.36. The highest BCUT2D eigenvalue weighted by Gasteiger charge is 2.31. The van der Waals surface area contributed by atoms with Crippen LogP contribution in [0.3, 0.4) is 0 Å². The van der Waals surface area contributed by atoms with Crippen molar-refractivity contribution in [3.63, 3.8) is 0 Å². The summed E-state index contributed by atoms with van der Waals surface area (Å²) in [5.74, 6) is 0. The molecule has 1 fully saturated rings. The Balaban J connectivity index is 1.73. The van der Waals surface area contributed by atoms with Gasteiger partial charge in [0.2, 0.25) is 0 Å². The van der Waals surface area contributed by atoms with Crippen molar-refractivity contribution in [2.24, 2.45) is 0 Å². The molecule has 1 atom stereocenters. The van der Waals surface area contributed by atoms with Gasteiger partial charge in [0.05, 0.1) is 12.6 Å². The number of likely N-dealkylation sites (tertiary alicyclic amines) is 1. The van der Waals surface area contributed by atoms with Crippen LogP contribution in [-0.4, -0.2) is 33.7 Å². The first-order valence-electron chi connectivity index (χ1n) is 9.68. The number of carbonyl (C=O) groups excluding carboxylic acids is 1. The van der Waals surface area contributed by atoms with Gasteiger partial charge in [0.15, 0.2) is 0 Å². The van der Waals surface area contributed by atoms with Crippen LogP contribution in [0.25, 0.3) is 10.9 Å². The zero-order valence-corrected chi connectivity index (χ0v) is 15.7. The molecule has 4 rings (SSSR count). The monoisotopic (exact) mass is 363 g/mol. The van der Waals surface area contributed by atoms with Gasteiger partial charge in [0, 0.05) is 48.1 Å². The SMILES string of the molecule is CCOC(=O)N1CCCCC1c1cn(Cc2cccnc2)c2ccccc12. The van der Waals surface area contributed by atoms with E-state index in [0.29, 0.717) is 6.61 Å². The Morgan fingerprint density at radius 2 is 2.11 bits per heavy atom. The van der Waals surface area contributed by atoms with Gasteiger partial charge in [-0.15, -0.1) is 0 Å².